The van der Waals surface area contributed by atoms with Gasteiger partial charge in [-0.1, -0.05) is 39.2 Å². The van der Waals surface area contributed by atoms with Gasteiger partial charge in [0.1, 0.15) is 17.7 Å². The Hall–Kier alpha value is -1.42. The second kappa shape index (κ2) is 7.39. The Kier molecular flexibility index (Phi) is 5.53. The Morgan fingerprint density at radius 3 is 2.75 bits per heavy atom. The standard InChI is InChI=1S/C16H26N4/c1-4-6-7-14(5-2)11-17-12-20-18-15-9-8-13(3)10-16(15)19-20/h8-10,14,17H,4-7,11-12H2,1-3H3. The van der Waals surface area contributed by atoms with E-state index >= 15 is 0 Å². The maximum atomic E-state index is 4.50. The lowest BCUT2D eigenvalue weighted by Gasteiger charge is -2.14. The first kappa shape index (κ1) is 15.0. The lowest BCUT2D eigenvalue weighted by atomic mass is 10.00. The predicted octanol–water partition coefficient (Wildman–Crippen LogP) is 3.50. The van der Waals surface area contributed by atoms with E-state index in [1.807, 2.05) is 6.07 Å². The number of hydrogen-bond donors (Lipinski definition) is 1. The van der Waals surface area contributed by atoms with Crippen LogP contribution in [0.15, 0.2) is 18.2 Å². The van der Waals surface area contributed by atoms with Gasteiger partial charge in [-0.3, -0.25) is 5.32 Å². The number of nitrogens with zero attached hydrogens (tertiary/aromatic N) is 3. The summed E-state index contributed by atoms with van der Waals surface area (Å²) in [4.78, 5) is 1.76. The number of hydrogen-bond acceptors (Lipinski definition) is 3. The third-order valence-electron chi connectivity index (χ3n) is 3.81. The SMILES string of the molecule is CCCCC(CC)CNCn1nc2ccc(C)cc2n1. The van der Waals surface area contributed by atoms with Crippen molar-refractivity contribution in [2.45, 2.75) is 53.1 Å². The van der Waals surface area contributed by atoms with E-state index < -0.39 is 0 Å². The summed E-state index contributed by atoms with van der Waals surface area (Å²) in [5, 5.41) is 12.5. The van der Waals surface area contributed by atoms with E-state index in [1.54, 1.807) is 4.80 Å². The predicted molar refractivity (Wildman–Crippen MR) is 83.6 cm³/mol. The molecule has 0 saturated heterocycles. The molecule has 0 amide bonds. The number of nitrogens with one attached hydrogen (secondary N) is 1. The molecule has 0 aliphatic heterocycles. The molecule has 0 radical (unpaired) electrons. The molecule has 2 rings (SSSR count). The first-order valence-corrected chi connectivity index (χ1v) is 7.75. The van der Waals surface area contributed by atoms with Crippen LogP contribution in [0, 0.1) is 12.8 Å². The highest BCUT2D eigenvalue weighted by molar-refractivity contribution is 5.74. The van der Waals surface area contributed by atoms with Gasteiger partial charge in [0.15, 0.2) is 0 Å². The van der Waals surface area contributed by atoms with Crippen molar-refractivity contribution >= 4 is 11.0 Å². The van der Waals surface area contributed by atoms with Crippen molar-refractivity contribution in [3.05, 3.63) is 23.8 Å². The van der Waals surface area contributed by atoms with Crippen LogP contribution in [0.1, 0.15) is 45.1 Å². The van der Waals surface area contributed by atoms with Crippen LogP contribution in [0.25, 0.3) is 11.0 Å². The average molecular weight is 274 g/mol. The van der Waals surface area contributed by atoms with E-state index in [1.165, 1.54) is 31.2 Å². The molecular formula is C16H26N4. The van der Waals surface area contributed by atoms with E-state index in [2.05, 4.69) is 48.4 Å². The summed E-state index contributed by atoms with van der Waals surface area (Å²) < 4.78 is 0. The molecule has 0 aliphatic rings. The zero-order valence-electron chi connectivity index (χ0n) is 12.9. The lowest BCUT2D eigenvalue weighted by molar-refractivity contribution is 0.377. The molecule has 0 saturated carbocycles. The van der Waals surface area contributed by atoms with Gasteiger partial charge in [0, 0.05) is 0 Å². The average Bonchev–Trinajstić information content (AvgIpc) is 2.84. The third-order valence-corrected chi connectivity index (χ3v) is 3.81. The lowest BCUT2D eigenvalue weighted by Crippen LogP contribution is -2.26. The number of aromatic nitrogens is 3. The minimum Gasteiger partial charge on any atom is -0.296 e. The fraction of sp³-hybridized carbons (Fsp3) is 0.625. The maximum absolute atomic E-state index is 4.50. The molecule has 0 bridgehead atoms. The molecule has 110 valence electrons. The zero-order chi connectivity index (χ0) is 14.4. The first-order chi connectivity index (χ1) is 9.72. The third kappa shape index (κ3) is 4.04. The summed E-state index contributed by atoms with van der Waals surface area (Å²) in [5.41, 5.74) is 3.17. The monoisotopic (exact) mass is 274 g/mol. The first-order valence-electron chi connectivity index (χ1n) is 7.75. The van der Waals surface area contributed by atoms with Crippen LogP contribution in [-0.4, -0.2) is 21.5 Å². The Morgan fingerprint density at radius 2 is 2.00 bits per heavy atom. The van der Waals surface area contributed by atoms with Crippen LogP contribution in [-0.2, 0) is 6.67 Å². The van der Waals surface area contributed by atoms with E-state index in [0.717, 1.165) is 23.5 Å². The highest BCUT2D eigenvalue weighted by Gasteiger charge is 2.06. The van der Waals surface area contributed by atoms with Gasteiger partial charge in [0.25, 0.3) is 0 Å². The molecule has 1 N–H and O–H groups in total. The van der Waals surface area contributed by atoms with Gasteiger partial charge in [0.05, 0.1) is 0 Å². The molecule has 4 nitrogen and oxygen atoms in total. The highest BCUT2D eigenvalue weighted by atomic mass is 15.5. The molecule has 1 unspecified atom stereocenters. The molecule has 1 aromatic heterocycles. The van der Waals surface area contributed by atoms with Gasteiger partial charge < -0.3 is 0 Å². The molecule has 0 aliphatic carbocycles. The summed E-state index contributed by atoms with van der Waals surface area (Å²) in [6, 6.07) is 6.19. The van der Waals surface area contributed by atoms with Crippen molar-refractivity contribution < 1.29 is 0 Å². The molecule has 2 aromatic rings. The van der Waals surface area contributed by atoms with Crippen LogP contribution in [0.2, 0.25) is 0 Å². The van der Waals surface area contributed by atoms with Gasteiger partial charge in [-0.15, -0.1) is 0 Å². The van der Waals surface area contributed by atoms with Gasteiger partial charge in [0.2, 0.25) is 0 Å². The number of fused-ring (bicyclic) bond motifs is 1. The second-order valence-corrected chi connectivity index (χ2v) is 5.59. The topological polar surface area (TPSA) is 42.7 Å². The summed E-state index contributed by atoms with van der Waals surface area (Å²) in [6.07, 6.45) is 5.15. The van der Waals surface area contributed by atoms with Gasteiger partial charge in [-0.25, -0.2) is 0 Å². The van der Waals surface area contributed by atoms with Crippen molar-refractivity contribution in [2.75, 3.05) is 6.54 Å². The van der Waals surface area contributed by atoms with Gasteiger partial charge in [-0.05, 0) is 43.5 Å². The minimum absolute atomic E-state index is 0.691. The summed E-state index contributed by atoms with van der Waals surface area (Å²) in [7, 11) is 0. The Bertz CT molecular complexity index is 532. The van der Waals surface area contributed by atoms with Crippen molar-refractivity contribution in [3.8, 4) is 0 Å². The van der Waals surface area contributed by atoms with Crippen LogP contribution < -0.4 is 5.32 Å². The number of rotatable bonds is 8. The van der Waals surface area contributed by atoms with Crippen LogP contribution >= 0.6 is 0 Å². The molecule has 4 heteroatoms. The van der Waals surface area contributed by atoms with Crippen molar-refractivity contribution in [1.82, 2.24) is 20.3 Å². The molecule has 20 heavy (non-hydrogen) atoms. The quantitative estimate of drug-likeness (QED) is 0.801. The maximum Gasteiger partial charge on any atom is 0.113 e. The summed E-state index contributed by atoms with van der Waals surface area (Å²) in [6.45, 7) is 8.34. The van der Waals surface area contributed by atoms with Gasteiger partial charge >= 0.3 is 0 Å². The Morgan fingerprint density at radius 1 is 1.20 bits per heavy atom. The van der Waals surface area contributed by atoms with Crippen molar-refractivity contribution in [1.29, 1.82) is 0 Å². The highest BCUT2D eigenvalue weighted by Crippen LogP contribution is 2.12. The van der Waals surface area contributed by atoms with E-state index in [9.17, 15) is 0 Å². The molecule has 0 fully saturated rings. The van der Waals surface area contributed by atoms with Crippen molar-refractivity contribution in [2.24, 2.45) is 5.92 Å². The molecule has 1 atom stereocenters. The number of aryl methyl sites for hydroxylation is 1. The van der Waals surface area contributed by atoms with E-state index in [-0.39, 0.29) is 0 Å². The number of unbranched alkanes of at least 4 members (excludes halogenated alkanes) is 1. The fourth-order valence-electron chi connectivity index (χ4n) is 2.45. The molecule has 0 spiro atoms. The van der Waals surface area contributed by atoms with Crippen LogP contribution in [0.4, 0.5) is 0 Å². The Labute approximate surface area is 121 Å². The normalized spacial score (nSPS) is 12.9. The number of benzene rings is 1. The second-order valence-electron chi connectivity index (χ2n) is 5.59. The van der Waals surface area contributed by atoms with Crippen LogP contribution in [0.3, 0.4) is 0 Å². The van der Waals surface area contributed by atoms with E-state index in [4.69, 9.17) is 0 Å². The fourth-order valence-corrected chi connectivity index (χ4v) is 2.45. The Balaban J connectivity index is 1.86. The molecule has 1 heterocycles. The minimum atomic E-state index is 0.691. The van der Waals surface area contributed by atoms with Crippen molar-refractivity contribution in [3.63, 3.8) is 0 Å². The summed E-state index contributed by atoms with van der Waals surface area (Å²) >= 11 is 0. The molecular weight excluding hydrogens is 248 g/mol. The van der Waals surface area contributed by atoms with Crippen LogP contribution in [0.5, 0.6) is 0 Å². The molecule has 1 aromatic carbocycles. The largest absolute Gasteiger partial charge is 0.296 e. The summed E-state index contributed by atoms with van der Waals surface area (Å²) in [5.74, 6) is 0.766. The smallest absolute Gasteiger partial charge is 0.113 e. The van der Waals surface area contributed by atoms with E-state index in [0.29, 0.717) is 6.67 Å². The zero-order valence-corrected chi connectivity index (χ0v) is 12.9. The van der Waals surface area contributed by atoms with Gasteiger partial charge in [-0.2, -0.15) is 15.0 Å².